The standard InChI is InChI=1S/C29H33FN4O4/c1-3-28(37)38-29-24(22-18-31-33(2)19-22)8-5-9-25(29)32-26(35)17-21-12-14-34(15-13-21)27(36)11-10-20-6-4-7-23(30)16-20/h4-9,16,18-19,21H,3,10-15,17H2,1-2H3,(H,32,35). The molecule has 0 atom stereocenters. The Labute approximate surface area is 221 Å². The molecule has 0 spiro atoms. The summed E-state index contributed by atoms with van der Waals surface area (Å²) in [6.07, 6.45) is 6.30. The molecule has 2 aromatic carbocycles. The van der Waals surface area contributed by atoms with E-state index < -0.39 is 5.97 Å². The van der Waals surface area contributed by atoms with Gasteiger partial charge in [-0.2, -0.15) is 5.10 Å². The van der Waals surface area contributed by atoms with Crippen LogP contribution in [0.4, 0.5) is 10.1 Å². The van der Waals surface area contributed by atoms with E-state index >= 15 is 0 Å². The molecule has 1 aromatic heterocycles. The number of nitrogens with one attached hydrogen (secondary N) is 1. The zero-order chi connectivity index (χ0) is 27.1. The number of benzene rings is 2. The van der Waals surface area contributed by atoms with Crippen molar-refractivity contribution in [2.75, 3.05) is 18.4 Å². The Balaban J connectivity index is 1.33. The first-order valence-electron chi connectivity index (χ1n) is 13.0. The SMILES string of the molecule is CCC(=O)Oc1c(NC(=O)CC2CCN(C(=O)CCc3cccc(F)c3)CC2)cccc1-c1cnn(C)c1. The van der Waals surface area contributed by atoms with Gasteiger partial charge in [0, 0.05) is 56.7 Å². The molecule has 0 aliphatic carbocycles. The summed E-state index contributed by atoms with van der Waals surface area (Å²) in [5.41, 5.74) is 2.68. The minimum atomic E-state index is -0.397. The van der Waals surface area contributed by atoms with E-state index in [0.717, 1.165) is 24.0 Å². The van der Waals surface area contributed by atoms with Gasteiger partial charge in [0.1, 0.15) is 5.82 Å². The lowest BCUT2D eigenvalue weighted by Gasteiger charge is -2.32. The number of halogens is 1. The third-order valence-electron chi connectivity index (χ3n) is 6.77. The fourth-order valence-corrected chi connectivity index (χ4v) is 4.67. The molecule has 2 heterocycles. The number of nitrogens with zero attached hydrogens (tertiary/aromatic N) is 3. The van der Waals surface area contributed by atoms with E-state index in [4.69, 9.17) is 4.74 Å². The number of hydrogen-bond donors (Lipinski definition) is 1. The molecule has 1 N–H and O–H groups in total. The van der Waals surface area contributed by atoms with Gasteiger partial charge in [-0.05, 0) is 48.9 Å². The monoisotopic (exact) mass is 520 g/mol. The van der Waals surface area contributed by atoms with Crippen LogP contribution in [0.25, 0.3) is 11.1 Å². The lowest BCUT2D eigenvalue weighted by Crippen LogP contribution is -2.39. The molecule has 3 aromatic rings. The number of aromatic nitrogens is 2. The van der Waals surface area contributed by atoms with Crippen LogP contribution in [0.1, 0.15) is 44.6 Å². The molecule has 38 heavy (non-hydrogen) atoms. The van der Waals surface area contributed by atoms with Gasteiger partial charge in [-0.15, -0.1) is 0 Å². The molecule has 9 heteroatoms. The zero-order valence-corrected chi connectivity index (χ0v) is 21.8. The van der Waals surface area contributed by atoms with Gasteiger partial charge in [-0.3, -0.25) is 19.1 Å². The number of piperidine rings is 1. The van der Waals surface area contributed by atoms with Crippen molar-refractivity contribution in [3.05, 3.63) is 66.2 Å². The van der Waals surface area contributed by atoms with Crippen LogP contribution in [0.5, 0.6) is 5.75 Å². The summed E-state index contributed by atoms with van der Waals surface area (Å²) in [6.45, 7) is 2.90. The molecule has 8 nitrogen and oxygen atoms in total. The minimum absolute atomic E-state index is 0.0479. The molecule has 200 valence electrons. The predicted octanol–water partition coefficient (Wildman–Crippen LogP) is 4.74. The van der Waals surface area contributed by atoms with Crippen molar-refractivity contribution in [1.82, 2.24) is 14.7 Å². The second kappa shape index (κ2) is 12.5. The number of carbonyl (C=O) groups excluding carboxylic acids is 3. The summed E-state index contributed by atoms with van der Waals surface area (Å²) in [4.78, 5) is 39.6. The van der Waals surface area contributed by atoms with Crippen LogP contribution in [0.2, 0.25) is 0 Å². The Morgan fingerprint density at radius 2 is 1.89 bits per heavy atom. The molecular weight excluding hydrogens is 487 g/mol. The highest BCUT2D eigenvalue weighted by molar-refractivity contribution is 5.95. The van der Waals surface area contributed by atoms with E-state index in [0.29, 0.717) is 49.4 Å². The number of amides is 2. The number of esters is 1. The first kappa shape index (κ1) is 27.0. The zero-order valence-electron chi connectivity index (χ0n) is 21.8. The maximum atomic E-state index is 13.4. The summed E-state index contributed by atoms with van der Waals surface area (Å²) in [7, 11) is 1.80. The van der Waals surface area contributed by atoms with Crippen LogP contribution in [0.3, 0.4) is 0 Å². The summed E-state index contributed by atoms with van der Waals surface area (Å²) >= 11 is 0. The van der Waals surface area contributed by atoms with Crippen molar-refractivity contribution in [2.45, 2.75) is 45.4 Å². The molecule has 1 saturated heterocycles. The number of rotatable bonds is 9. The third kappa shape index (κ3) is 7.06. The summed E-state index contributed by atoms with van der Waals surface area (Å²) in [5, 5.41) is 7.12. The van der Waals surface area contributed by atoms with Crippen LogP contribution in [-0.2, 0) is 27.9 Å². The fourth-order valence-electron chi connectivity index (χ4n) is 4.67. The van der Waals surface area contributed by atoms with Crippen LogP contribution in [0, 0.1) is 11.7 Å². The van der Waals surface area contributed by atoms with E-state index in [9.17, 15) is 18.8 Å². The normalized spacial score (nSPS) is 13.8. The molecule has 0 saturated carbocycles. The van der Waals surface area contributed by atoms with E-state index in [1.54, 1.807) is 43.0 Å². The van der Waals surface area contributed by atoms with Crippen LogP contribution in [-0.4, -0.2) is 45.6 Å². The van der Waals surface area contributed by atoms with Gasteiger partial charge >= 0.3 is 5.97 Å². The topological polar surface area (TPSA) is 93.5 Å². The number of aryl methyl sites for hydroxylation is 2. The Morgan fingerprint density at radius 1 is 1.13 bits per heavy atom. The Bertz CT molecular complexity index is 1300. The Morgan fingerprint density at radius 3 is 2.58 bits per heavy atom. The van der Waals surface area contributed by atoms with E-state index in [1.807, 2.05) is 23.2 Å². The van der Waals surface area contributed by atoms with Gasteiger partial charge in [0.2, 0.25) is 11.8 Å². The fraction of sp³-hybridized carbons (Fsp3) is 0.379. The second-order valence-electron chi connectivity index (χ2n) is 9.62. The first-order valence-corrected chi connectivity index (χ1v) is 13.0. The van der Waals surface area contributed by atoms with Gasteiger partial charge in [-0.1, -0.05) is 31.2 Å². The molecule has 1 fully saturated rings. The molecule has 1 aliphatic heterocycles. The van der Waals surface area contributed by atoms with Crippen molar-refractivity contribution in [2.24, 2.45) is 13.0 Å². The van der Waals surface area contributed by atoms with E-state index in [-0.39, 0.29) is 30.0 Å². The number of likely N-dealkylation sites (tertiary alicyclic amines) is 1. The molecule has 4 rings (SSSR count). The third-order valence-corrected chi connectivity index (χ3v) is 6.77. The smallest absolute Gasteiger partial charge is 0.310 e. The first-order chi connectivity index (χ1) is 18.3. The van der Waals surface area contributed by atoms with Crippen molar-refractivity contribution in [1.29, 1.82) is 0 Å². The summed E-state index contributed by atoms with van der Waals surface area (Å²) < 4.78 is 20.7. The second-order valence-corrected chi connectivity index (χ2v) is 9.62. The Kier molecular flexibility index (Phi) is 8.89. The highest BCUT2D eigenvalue weighted by atomic mass is 19.1. The highest BCUT2D eigenvalue weighted by Crippen LogP contribution is 2.37. The number of ether oxygens (including phenoxy) is 1. The molecule has 0 bridgehead atoms. The van der Waals surface area contributed by atoms with E-state index in [1.165, 1.54) is 12.1 Å². The quantitative estimate of drug-likeness (QED) is 0.325. The number of anilines is 1. The van der Waals surface area contributed by atoms with Gasteiger partial charge in [0.15, 0.2) is 5.75 Å². The average molecular weight is 521 g/mol. The average Bonchev–Trinajstić information content (AvgIpc) is 3.34. The van der Waals surface area contributed by atoms with Gasteiger partial charge < -0.3 is 15.0 Å². The van der Waals surface area contributed by atoms with Crippen molar-refractivity contribution < 1.29 is 23.5 Å². The van der Waals surface area contributed by atoms with Crippen LogP contribution >= 0.6 is 0 Å². The number of carbonyl (C=O) groups is 3. The van der Waals surface area contributed by atoms with Crippen molar-refractivity contribution in [3.63, 3.8) is 0 Å². The lowest BCUT2D eigenvalue weighted by atomic mass is 9.92. The highest BCUT2D eigenvalue weighted by Gasteiger charge is 2.25. The summed E-state index contributed by atoms with van der Waals surface area (Å²) in [6, 6.07) is 11.7. The maximum absolute atomic E-state index is 13.4. The lowest BCUT2D eigenvalue weighted by molar-refractivity contribution is -0.134. The largest absolute Gasteiger partial charge is 0.424 e. The molecule has 0 unspecified atom stereocenters. The van der Waals surface area contributed by atoms with Crippen molar-refractivity contribution in [3.8, 4) is 16.9 Å². The molecule has 0 radical (unpaired) electrons. The van der Waals surface area contributed by atoms with Gasteiger partial charge in [-0.25, -0.2) is 4.39 Å². The minimum Gasteiger partial charge on any atom is -0.424 e. The van der Waals surface area contributed by atoms with Crippen LogP contribution in [0.15, 0.2) is 54.9 Å². The maximum Gasteiger partial charge on any atom is 0.310 e. The molecule has 2 amide bonds. The summed E-state index contributed by atoms with van der Waals surface area (Å²) in [5.74, 6) is -0.366. The number of para-hydroxylation sites is 1. The van der Waals surface area contributed by atoms with Crippen LogP contribution < -0.4 is 10.1 Å². The van der Waals surface area contributed by atoms with Crippen molar-refractivity contribution >= 4 is 23.5 Å². The number of hydrogen-bond acceptors (Lipinski definition) is 5. The van der Waals surface area contributed by atoms with Gasteiger partial charge in [0.05, 0.1) is 11.9 Å². The predicted molar refractivity (Wildman–Crippen MR) is 142 cm³/mol. The van der Waals surface area contributed by atoms with E-state index in [2.05, 4.69) is 10.4 Å². The molecule has 1 aliphatic rings. The Hall–Kier alpha value is -4.01. The molecular formula is C29H33FN4O4. The van der Waals surface area contributed by atoms with Gasteiger partial charge in [0.25, 0.3) is 0 Å².